The third kappa shape index (κ3) is 4.05. The summed E-state index contributed by atoms with van der Waals surface area (Å²) in [7, 11) is 3.97. The lowest BCUT2D eigenvalue weighted by molar-refractivity contribution is -0.117. The van der Waals surface area contributed by atoms with Gasteiger partial charge in [0.2, 0.25) is 11.7 Å². The fourth-order valence-electron chi connectivity index (χ4n) is 2.52. The Balaban J connectivity index is 1.68. The summed E-state index contributed by atoms with van der Waals surface area (Å²) in [5, 5.41) is 15.2. The van der Waals surface area contributed by atoms with E-state index in [4.69, 9.17) is 0 Å². The molecule has 3 aromatic rings. The number of aryl methyl sites for hydroxylation is 2. The lowest BCUT2D eigenvalue weighted by atomic mass is 10.1. The van der Waals surface area contributed by atoms with Gasteiger partial charge in [-0.15, -0.1) is 10.2 Å². The first kappa shape index (κ1) is 17.6. The van der Waals surface area contributed by atoms with Crippen molar-refractivity contribution in [3.05, 3.63) is 53.6 Å². The minimum Gasteiger partial charge on any atom is -0.378 e. The van der Waals surface area contributed by atoms with Crippen molar-refractivity contribution in [1.82, 2.24) is 20.2 Å². The number of hydrogen-bond acceptors (Lipinski definition) is 5. The van der Waals surface area contributed by atoms with E-state index in [1.165, 1.54) is 4.80 Å². The van der Waals surface area contributed by atoms with Crippen molar-refractivity contribution in [1.29, 1.82) is 0 Å². The molecule has 7 nitrogen and oxygen atoms in total. The number of benzene rings is 2. The van der Waals surface area contributed by atoms with Crippen LogP contribution in [0.2, 0.25) is 0 Å². The first-order valence-corrected chi connectivity index (χ1v) is 8.35. The Bertz CT molecular complexity index is 914. The molecule has 1 amide bonds. The molecule has 0 aliphatic carbocycles. The number of carbonyl (C=O) groups excluding carboxylic acids is 1. The van der Waals surface area contributed by atoms with Crippen molar-refractivity contribution in [3.8, 4) is 11.4 Å². The van der Waals surface area contributed by atoms with Crippen molar-refractivity contribution < 1.29 is 4.79 Å². The van der Waals surface area contributed by atoms with Gasteiger partial charge in [-0.1, -0.05) is 12.1 Å². The summed E-state index contributed by atoms with van der Waals surface area (Å²) in [5.74, 6) is 0.306. The van der Waals surface area contributed by atoms with Crippen LogP contribution >= 0.6 is 0 Å². The lowest BCUT2D eigenvalue weighted by Gasteiger charge is -2.11. The molecule has 0 unspecified atom stereocenters. The molecule has 7 heteroatoms. The van der Waals surface area contributed by atoms with E-state index in [1.807, 2.05) is 75.3 Å². The van der Waals surface area contributed by atoms with Gasteiger partial charge in [0.25, 0.3) is 0 Å². The van der Waals surface area contributed by atoms with Gasteiger partial charge in [-0.3, -0.25) is 4.79 Å². The van der Waals surface area contributed by atoms with Crippen LogP contribution < -0.4 is 10.2 Å². The van der Waals surface area contributed by atoms with E-state index in [9.17, 15) is 4.79 Å². The number of aromatic nitrogens is 4. The predicted octanol–water partition coefficient (Wildman–Crippen LogP) is 2.66. The van der Waals surface area contributed by atoms with Crippen molar-refractivity contribution in [3.63, 3.8) is 0 Å². The molecule has 26 heavy (non-hydrogen) atoms. The second-order valence-corrected chi connectivity index (χ2v) is 6.45. The van der Waals surface area contributed by atoms with Gasteiger partial charge in [0.15, 0.2) is 0 Å². The Kier molecular flexibility index (Phi) is 4.97. The molecule has 1 aromatic heterocycles. The van der Waals surface area contributed by atoms with E-state index in [0.717, 1.165) is 28.1 Å². The zero-order valence-corrected chi connectivity index (χ0v) is 15.4. The van der Waals surface area contributed by atoms with Gasteiger partial charge in [-0.05, 0) is 60.5 Å². The molecule has 0 spiro atoms. The van der Waals surface area contributed by atoms with E-state index in [-0.39, 0.29) is 12.5 Å². The smallest absolute Gasteiger partial charge is 0.248 e. The summed E-state index contributed by atoms with van der Waals surface area (Å²) < 4.78 is 0. The number of hydrogen-bond donors (Lipinski definition) is 1. The maximum Gasteiger partial charge on any atom is 0.248 e. The van der Waals surface area contributed by atoms with E-state index in [2.05, 4.69) is 20.7 Å². The van der Waals surface area contributed by atoms with Crippen LogP contribution in [0, 0.1) is 13.8 Å². The highest BCUT2D eigenvalue weighted by Gasteiger charge is 2.11. The SMILES string of the molecule is Cc1ccc(C)c(NC(=O)Cn2nnc(-c3ccc(N(C)C)cc3)n2)c1. The molecule has 0 fully saturated rings. The molecule has 0 saturated heterocycles. The van der Waals surface area contributed by atoms with Gasteiger partial charge in [0.1, 0.15) is 6.54 Å². The number of anilines is 2. The Hall–Kier alpha value is -3.22. The largest absolute Gasteiger partial charge is 0.378 e. The summed E-state index contributed by atoms with van der Waals surface area (Å²) in [6.07, 6.45) is 0. The highest BCUT2D eigenvalue weighted by Crippen LogP contribution is 2.19. The summed E-state index contributed by atoms with van der Waals surface area (Å²) >= 11 is 0. The van der Waals surface area contributed by atoms with Crippen LogP contribution in [0.15, 0.2) is 42.5 Å². The number of nitrogens with zero attached hydrogens (tertiary/aromatic N) is 5. The van der Waals surface area contributed by atoms with E-state index in [0.29, 0.717) is 5.82 Å². The van der Waals surface area contributed by atoms with Crippen molar-refractivity contribution in [2.75, 3.05) is 24.3 Å². The van der Waals surface area contributed by atoms with Crippen LogP contribution in [0.5, 0.6) is 0 Å². The van der Waals surface area contributed by atoms with Crippen LogP contribution in [-0.2, 0) is 11.3 Å². The minimum atomic E-state index is -0.189. The normalized spacial score (nSPS) is 10.6. The summed E-state index contributed by atoms with van der Waals surface area (Å²) in [6.45, 7) is 3.95. The van der Waals surface area contributed by atoms with Crippen LogP contribution in [0.25, 0.3) is 11.4 Å². The molecule has 0 saturated carbocycles. The lowest BCUT2D eigenvalue weighted by Crippen LogP contribution is -2.21. The quantitative estimate of drug-likeness (QED) is 0.766. The molecule has 0 bridgehead atoms. The monoisotopic (exact) mass is 350 g/mol. The van der Waals surface area contributed by atoms with Crippen LogP contribution in [0.4, 0.5) is 11.4 Å². The Morgan fingerprint density at radius 2 is 1.85 bits per heavy atom. The summed E-state index contributed by atoms with van der Waals surface area (Å²) in [5.41, 5.74) is 4.85. The second kappa shape index (κ2) is 7.35. The molecule has 1 N–H and O–H groups in total. The van der Waals surface area contributed by atoms with Crippen LogP contribution in [0.1, 0.15) is 11.1 Å². The molecule has 134 valence electrons. The number of nitrogens with one attached hydrogen (secondary N) is 1. The number of carbonyl (C=O) groups is 1. The number of rotatable bonds is 5. The topological polar surface area (TPSA) is 75.9 Å². The van der Waals surface area contributed by atoms with E-state index >= 15 is 0 Å². The van der Waals surface area contributed by atoms with Crippen molar-refractivity contribution >= 4 is 17.3 Å². The molecule has 2 aromatic carbocycles. The van der Waals surface area contributed by atoms with Gasteiger partial charge in [-0.25, -0.2) is 0 Å². The molecule has 3 rings (SSSR count). The number of amides is 1. The molecule has 0 atom stereocenters. The molecule has 0 aliphatic rings. The molecule has 0 aliphatic heterocycles. The summed E-state index contributed by atoms with van der Waals surface area (Å²) in [4.78, 5) is 15.6. The zero-order valence-electron chi connectivity index (χ0n) is 15.4. The average molecular weight is 350 g/mol. The van der Waals surface area contributed by atoms with Gasteiger partial charge >= 0.3 is 0 Å². The van der Waals surface area contributed by atoms with Gasteiger partial charge in [-0.2, -0.15) is 4.80 Å². The fourth-order valence-corrected chi connectivity index (χ4v) is 2.52. The van der Waals surface area contributed by atoms with Gasteiger partial charge in [0.05, 0.1) is 0 Å². The van der Waals surface area contributed by atoms with Crippen LogP contribution in [0.3, 0.4) is 0 Å². The summed E-state index contributed by atoms with van der Waals surface area (Å²) in [6, 6.07) is 13.8. The maximum atomic E-state index is 12.3. The van der Waals surface area contributed by atoms with Crippen LogP contribution in [-0.4, -0.2) is 40.2 Å². The zero-order chi connectivity index (χ0) is 18.7. The molecular formula is C19H22N6O. The molecule has 1 heterocycles. The average Bonchev–Trinajstić information content (AvgIpc) is 3.06. The first-order valence-electron chi connectivity index (χ1n) is 8.35. The first-order chi connectivity index (χ1) is 12.4. The van der Waals surface area contributed by atoms with Gasteiger partial charge in [0, 0.05) is 31.0 Å². The predicted molar refractivity (Wildman–Crippen MR) is 102 cm³/mol. The standard InChI is InChI=1S/C19H22N6O/c1-13-5-6-14(2)17(11-13)20-18(26)12-25-22-19(21-23-25)15-7-9-16(10-8-15)24(3)4/h5-11H,12H2,1-4H3,(H,20,26). The second-order valence-electron chi connectivity index (χ2n) is 6.45. The highest BCUT2D eigenvalue weighted by atomic mass is 16.2. The highest BCUT2D eigenvalue weighted by molar-refractivity contribution is 5.91. The Labute approximate surface area is 152 Å². The number of tetrazole rings is 1. The molecule has 0 radical (unpaired) electrons. The third-order valence-corrected chi connectivity index (χ3v) is 4.05. The van der Waals surface area contributed by atoms with E-state index in [1.54, 1.807) is 0 Å². The van der Waals surface area contributed by atoms with E-state index < -0.39 is 0 Å². The van der Waals surface area contributed by atoms with Crippen molar-refractivity contribution in [2.24, 2.45) is 0 Å². The minimum absolute atomic E-state index is 0.0101. The third-order valence-electron chi connectivity index (χ3n) is 4.05. The van der Waals surface area contributed by atoms with Crippen molar-refractivity contribution in [2.45, 2.75) is 20.4 Å². The Morgan fingerprint density at radius 3 is 2.54 bits per heavy atom. The Morgan fingerprint density at radius 1 is 1.12 bits per heavy atom. The molecular weight excluding hydrogens is 328 g/mol. The fraction of sp³-hybridized carbons (Fsp3) is 0.263. The van der Waals surface area contributed by atoms with Gasteiger partial charge < -0.3 is 10.2 Å². The maximum absolute atomic E-state index is 12.3.